The monoisotopic (exact) mass is 375 g/mol. The molecule has 3 heterocycles. The van der Waals surface area contributed by atoms with Crippen LogP contribution in [0.25, 0.3) is 33.2 Å². The van der Waals surface area contributed by atoms with Crippen molar-refractivity contribution in [2.24, 2.45) is 0 Å². The number of aromatic nitrogens is 5. The molecule has 0 aliphatic carbocycles. The highest BCUT2D eigenvalue weighted by atomic mass is 16.1. The molecule has 144 valence electrons. The molecule has 0 N–H and O–H groups in total. The van der Waals surface area contributed by atoms with E-state index in [0.717, 1.165) is 29.7 Å². The highest BCUT2D eigenvalue weighted by molar-refractivity contribution is 6.04. The lowest BCUT2D eigenvalue weighted by atomic mass is 10.2. The molecule has 0 aliphatic heterocycles. The van der Waals surface area contributed by atoms with E-state index in [2.05, 4.69) is 13.5 Å². The van der Waals surface area contributed by atoms with Gasteiger partial charge in [-0.2, -0.15) is 0 Å². The largest absolute Gasteiger partial charge is 0.304 e. The van der Waals surface area contributed by atoms with E-state index >= 15 is 0 Å². The predicted octanol–water partition coefficient (Wildman–Crippen LogP) is 4.37. The minimum Gasteiger partial charge on any atom is -0.304 e. The number of nitrogens with zero attached hydrogens (tertiary/aromatic N) is 5. The van der Waals surface area contributed by atoms with Gasteiger partial charge in [0.2, 0.25) is 0 Å². The summed E-state index contributed by atoms with van der Waals surface area (Å²) in [5, 5.41) is 0.552. The number of fused-ring (bicyclic) bond motifs is 4. The van der Waals surface area contributed by atoms with E-state index in [4.69, 9.17) is 15.0 Å². The summed E-state index contributed by atoms with van der Waals surface area (Å²) >= 11 is 0. The zero-order chi connectivity index (χ0) is 19.7. The normalized spacial score (nSPS) is 11.6. The summed E-state index contributed by atoms with van der Waals surface area (Å²) < 4.78 is 3.72. The third-order valence-corrected chi connectivity index (χ3v) is 5.19. The average molecular weight is 375 g/mol. The van der Waals surface area contributed by atoms with Gasteiger partial charge >= 0.3 is 0 Å². The Labute approximate surface area is 163 Å². The van der Waals surface area contributed by atoms with Crippen molar-refractivity contribution < 1.29 is 0 Å². The van der Waals surface area contributed by atoms with Gasteiger partial charge in [0.15, 0.2) is 11.3 Å². The molecule has 0 spiro atoms. The maximum absolute atomic E-state index is 13.4. The Morgan fingerprint density at radius 3 is 2.46 bits per heavy atom. The molecule has 0 bridgehead atoms. The lowest BCUT2D eigenvalue weighted by Gasteiger charge is -2.10. The number of benzene rings is 1. The van der Waals surface area contributed by atoms with Crippen molar-refractivity contribution in [3.05, 3.63) is 53.1 Å². The summed E-state index contributed by atoms with van der Waals surface area (Å²) in [6.07, 6.45) is 6.23. The molecule has 1 aromatic carbocycles. The molecular weight excluding hydrogens is 350 g/mol. The van der Waals surface area contributed by atoms with Gasteiger partial charge in [0.05, 0.1) is 11.0 Å². The van der Waals surface area contributed by atoms with Crippen molar-refractivity contribution in [2.75, 3.05) is 0 Å². The second-order valence-corrected chi connectivity index (χ2v) is 7.16. The van der Waals surface area contributed by atoms with Crippen molar-refractivity contribution in [3.8, 4) is 0 Å². The van der Waals surface area contributed by atoms with E-state index in [1.165, 1.54) is 12.8 Å². The smallest absolute Gasteiger partial charge is 0.265 e. The van der Waals surface area contributed by atoms with Gasteiger partial charge in [0.25, 0.3) is 5.56 Å². The molecule has 0 aliphatic rings. The number of para-hydroxylation sites is 2. The van der Waals surface area contributed by atoms with Gasteiger partial charge in [-0.05, 0) is 25.5 Å². The molecule has 6 heteroatoms. The minimum atomic E-state index is -0.0311. The van der Waals surface area contributed by atoms with Gasteiger partial charge in [0.1, 0.15) is 16.7 Å². The lowest BCUT2D eigenvalue weighted by molar-refractivity contribution is 0.555. The molecule has 0 saturated heterocycles. The van der Waals surface area contributed by atoms with Gasteiger partial charge in [-0.15, -0.1) is 6.58 Å². The highest BCUT2D eigenvalue weighted by Gasteiger charge is 2.20. The first-order valence-corrected chi connectivity index (χ1v) is 9.92. The Morgan fingerprint density at radius 1 is 1.00 bits per heavy atom. The van der Waals surface area contributed by atoms with Crippen LogP contribution in [-0.4, -0.2) is 24.1 Å². The fourth-order valence-electron chi connectivity index (χ4n) is 3.76. The van der Waals surface area contributed by atoms with Gasteiger partial charge in [-0.1, -0.05) is 44.4 Å². The van der Waals surface area contributed by atoms with E-state index < -0.39 is 0 Å². The van der Waals surface area contributed by atoms with E-state index in [1.807, 2.05) is 35.8 Å². The van der Waals surface area contributed by atoms with Crippen LogP contribution in [-0.2, 0) is 13.1 Å². The van der Waals surface area contributed by atoms with Crippen LogP contribution in [0.4, 0.5) is 0 Å². The van der Waals surface area contributed by atoms with Crippen LogP contribution in [0, 0.1) is 6.92 Å². The Bertz CT molecular complexity index is 1230. The van der Waals surface area contributed by atoms with Crippen molar-refractivity contribution in [1.29, 1.82) is 0 Å². The fraction of sp³-hybridized carbons (Fsp3) is 0.364. The van der Waals surface area contributed by atoms with Crippen molar-refractivity contribution >= 4 is 33.2 Å². The Morgan fingerprint density at radius 2 is 1.75 bits per heavy atom. The van der Waals surface area contributed by atoms with Crippen LogP contribution in [0.1, 0.15) is 38.4 Å². The van der Waals surface area contributed by atoms with Crippen molar-refractivity contribution in [2.45, 2.75) is 52.6 Å². The highest BCUT2D eigenvalue weighted by Crippen LogP contribution is 2.25. The van der Waals surface area contributed by atoms with Gasteiger partial charge < -0.3 is 4.57 Å². The molecule has 4 aromatic rings. The van der Waals surface area contributed by atoms with Crippen molar-refractivity contribution in [3.63, 3.8) is 0 Å². The third-order valence-electron chi connectivity index (χ3n) is 5.19. The molecular formula is C22H25N5O. The van der Waals surface area contributed by atoms with Crippen LogP contribution in [0.3, 0.4) is 0 Å². The standard InChI is InChI=1S/C22H25N5O/c1-4-6-7-10-14-26-15(3)23-20-18(22(26)28)19-21(27(20)13-5-2)25-17-12-9-8-11-16(17)24-19/h5,8-9,11-12H,2,4,6-7,10,13-14H2,1,3H3. The van der Waals surface area contributed by atoms with E-state index in [9.17, 15) is 4.79 Å². The first kappa shape index (κ1) is 18.3. The SMILES string of the molecule is C=CCn1c2nc3ccccc3nc2c2c(=O)n(CCCCCC)c(C)nc21. The maximum Gasteiger partial charge on any atom is 0.265 e. The quantitative estimate of drug-likeness (QED) is 0.355. The molecule has 6 nitrogen and oxygen atoms in total. The number of rotatable bonds is 7. The summed E-state index contributed by atoms with van der Waals surface area (Å²) in [6.45, 7) is 9.14. The van der Waals surface area contributed by atoms with Gasteiger partial charge in [-0.3, -0.25) is 9.36 Å². The molecule has 0 radical (unpaired) electrons. The molecule has 3 aromatic heterocycles. The van der Waals surface area contributed by atoms with Crippen LogP contribution in [0.2, 0.25) is 0 Å². The lowest BCUT2D eigenvalue weighted by Crippen LogP contribution is -2.24. The minimum absolute atomic E-state index is 0.0311. The average Bonchev–Trinajstić information content (AvgIpc) is 2.98. The molecule has 4 rings (SSSR count). The van der Waals surface area contributed by atoms with Crippen LogP contribution in [0.5, 0.6) is 0 Å². The van der Waals surface area contributed by atoms with Crippen molar-refractivity contribution in [1.82, 2.24) is 24.1 Å². The number of aryl methyl sites for hydroxylation is 1. The third kappa shape index (κ3) is 2.99. The molecule has 0 unspecified atom stereocenters. The first-order chi connectivity index (χ1) is 13.7. The van der Waals surface area contributed by atoms with Crippen LogP contribution in [0.15, 0.2) is 41.7 Å². The Balaban J connectivity index is 2.00. The Kier molecular flexibility index (Phi) is 4.94. The molecule has 0 fully saturated rings. The van der Waals surface area contributed by atoms with E-state index in [0.29, 0.717) is 35.3 Å². The summed E-state index contributed by atoms with van der Waals surface area (Å²) in [5.41, 5.74) is 3.49. The first-order valence-electron chi connectivity index (χ1n) is 9.92. The van der Waals surface area contributed by atoms with E-state index in [1.54, 1.807) is 10.6 Å². The second-order valence-electron chi connectivity index (χ2n) is 7.16. The molecule has 0 amide bonds. The summed E-state index contributed by atoms with van der Waals surface area (Å²) in [4.78, 5) is 27.7. The Hall–Kier alpha value is -3.02. The fourth-order valence-corrected chi connectivity index (χ4v) is 3.76. The number of hydrogen-bond donors (Lipinski definition) is 0. The molecule has 0 saturated carbocycles. The van der Waals surface area contributed by atoms with Gasteiger partial charge in [0, 0.05) is 13.1 Å². The number of unbranched alkanes of at least 4 members (excludes halogenated alkanes) is 3. The summed E-state index contributed by atoms with van der Waals surface area (Å²) in [7, 11) is 0. The second kappa shape index (κ2) is 7.54. The van der Waals surface area contributed by atoms with Crippen LogP contribution >= 0.6 is 0 Å². The molecule has 0 atom stereocenters. The van der Waals surface area contributed by atoms with E-state index in [-0.39, 0.29) is 5.56 Å². The predicted molar refractivity (Wildman–Crippen MR) is 114 cm³/mol. The number of hydrogen-bond acceptors (Lipinski definition) is 4. The maximum atomic E-state index is 13.4. The summed E-state index contributed by atoms with van der Waals surface area (Å²) in [6, 6.07) is 7.72. The summed E-state index contributed by atoms with van der Waals surface area (Å²) in [5.74, 6) is 0.728. The van der Waals surface area contributed by atoms with Crippen LogP contribution < -0.4 is 5.56 Å². The zero-order valence-electron chi connectivity index (χ0n) is 16.5. The van der Waals surface area contributed by atoms with Gasteiger partial charge in [-0.25, -0.2) is 15.0 Å². The topological polar surface area (TPSA) is 65.6 Å². The zero-order valence-corrected chi connectivity index (χ0v) is 16.5. The molecule has 28 heavy (non-hydrogen) atoms. The number of allylic oxidation sites excluding steroid dienone is 1.